The maximum absolute atomic E-state index is 4.60. The minimum Gasteiger partial charge on any atom is -0.253 e. The SMILES string of the molecule is CCCCCCCCc1ccc(-c2ncc(CCCCCCCCC(C)C)cn2)nc1. The van der Waals surface area contributed by atoms with Gasteiger partial charge in [-0.3, -0.25) is 4.98 Å². The van der Waals surface area contributed by atoms with Gasteiger partial charge < -0.3 is 0 Å². The molecular formula is C28H45N3. The molecule has 0 N–H and O–H groups in total. The van der Waals surface area contributed by atoms with Gasteiger partial charge in [-0.1, -0.05) is 97.5 Å². The fourth-order valence-corrected chi connectivity index (χ4v) is 4.02. The van der Waals surface area contributed by atoms with Crippen molar-refractivity contribution in [3.05, 3.63) is 41.9 Å². The molecule has 0 aromatic carbocycles. The van der Waals surface area contributed by atoms with Gasteiger partial charge in [-0.2, -0.15) is 0 Å². The van der Waals surface area contributed by atoms with Crippen molar-refractivity contribution in [1.82, 2.24) is 15.0 Å². The Labute approximate surface area is 191 Å². The van der Waals surface area contributed by atoms with Crippen LogP contribution in [0, 0.1) is 5.92 Å². The Balaban J connectivity index is 1.63. The normalized spacial score (nSPS) is 11.4. The lowest BCUT2D eigenvalue weighted by atomic mass is 10.0. The highest BCUT2D eigenvalue weighted by atomic mass is 14.9. The molecule has 0 saturated heterocycles. The number of nitrogens with zero attached hydrogens (tertiary/aromatic N) is 3. The molecule has 2 heterocycles. The first kappa shape index (κ1) is 25.5. The second-order valence-electron chi connectivity index (χ2n) is 9.54. The lowest BCUT2D eigenvalue weighted by Crippen LogP contribution is -1.96. The van der Waals surface area contributed by atoms with Crippen LogP contribution in [-0.2, 0) is 12.8 Å². The summed E-state index contributed by atoms with van der Waals surface area (Å²) in [6, 6.07) is 4.26. The molecule has 0 atom stereocenters. The van der Waals surface area contributed by atoms with Crippen molar-refractivity contribution in [2.75, 3.05) is 0 Å². The van der Waals surface area contributed by atoms with Crippen molar-refractivity contribution in [2.24, 2.45) is 5.92 Å². The summed E-state index contributed by atoms with van der Waals surface area (Å²) in [4.78, 5) is 13.7. The molecule has 2 aromatic heterocycles. The van der Waals surface area contributed by atoms with Crippen molar-refractivity contribution in [3.8, 4) is 11.5 Å². The monoisotopic (exact) mass is 423 g/mol. The summed E-state index contributed by atoms with van der Waals surface area (Å²) in [5.41, 5.74) is 3.43. The van der Waals surface area contributed by atoms with E-state index in [0.29, 0.717) is 0 Å². The molecule has 0 amide bonds. The topological polar surface area (TPSA) is 38.7 Å². The Morgan fingerprint density at radius 2 is 1.16 bits per heavy atom. The highest BCUT2D eigenvalue weighted by Crippen LogP contribution is 2.16. The largest absolute Gasteiger partial charge is 0.253 e. The first-order valence-electron chi connectivity index (χ1n) is 12.9. The van der Waals surface area contributed by atoms with E-state index in [-0.39, 0.29) is 0 Å². The van der Waals surface area contributed by atoms with Crippen LogP contribution in [0.1, 0.15) is 115 Å². The Kier molecular flexibility index (Phi) is 13.1. The molecule has 0 radical (unpaired) electrons. The number of hydrogen-bond acceptors (Lipinski definition) is 3. The van der Waals surface area contributed by atoms with Crippen molar-refractivity contribution >= 4 is 0 Å². The molecule has 0 aliphatic carbocycles. The summed E-state index contributed by atoms with van der Waals surface area (Å²) >= 11 is 0. The Bertz CT molecular complexity index is 676. The first-order chi connectivity index (χ1) is 15.2. The molecule has 0 aliphatic rings. The van der Waals surface area contributed by atoms with Crippen LogP contribution in [0.2, 0.25) is 0 Å². The summed E-state index contributed by atoms with van der Waals surface area (Å²) in [5, 5.41) is 0. The van der Waals surface area contributed by atoms with Gasteiger partial charge in [-0.05, 0) is 48.8 Å². The summed E-state index contributed by atoms with van der Waals surface area (Å²) in [5.74, 6) is 1.58. The van der Waals surface area contributed by atoms with Crippen LogP contribution >= 0.6 is 0 Å². The highest BCUT2D eigenvalue weighted by Gasteiger charge is 2.04. The van der Waals surface area contributed by atoms with Crippen LogP contribution in [0.3, 0.4) is 0 Å². The van der Waals surface area contributed by atoms with Crippen molar-refractivity contribution in [2.45, 2.75) is 117 Å². The molecule has 0 aliphatic heterocycles. The second-order valence-corrected chi connectivity index (χ2v) is 9.54. The number of hydrogen-bond donors (Lipinski definition) is 0. The summed E-state index contributed by atoms with van der Waals surface area (Å²) in [6.45, 7) is 6.90. The second kappa shape index (κ2) is 15.9. The molecule has 172 valence electrons. The number of aromatic nitrogens is 3. The maximum Gasteiger partial charge on any atom is 0.178 e. The van der Waals surface area contributed by atoms with Gasteiger partial charge in [-0.15, -0.1) is 0 Å². The summed E-state index contributed by atoms with van der Waals surface area (Å²) < 4.78 is 0. The van der Waals surface area contributed by atoms with Gasteiger partial charge in [0.15, 0.2) is 5.82 Å². The average molecular weight is 424 g/mol. The molecule has 0 spiro atoms. The van der Waals surface area contributed by atoms with Gasteiger partial charge in [0, 0.05) is 18.6 Å². The van der Waals surface area contributed by atoms with E-state index >= 15 is 0 Å². The predicted molar refractivity (Wildman–Crippen MR) is 133 cm³/mol. The Morgan fingerprint density at radius 1 is 0.613 bits per heavy atom. The molecule has 3 heteroatoms. The van der Waals surface area contributed by atoms with E-state index in [2.05, 4.69) is 47.9 Å². The summed E-state index contributed by atoms with van der Waals surface area (Å²) in [6.07, 6.45) is 25.6. The molecule has 0 fully saturated rings. The van der Waals surface area contributed by atoms with E-state index in [1.807, 2.05) is 18.6 Å². The molecule has 0 bridgehead atoms. The first-order valence-corrected chi connectivity index (χ1v) is 12.9. The maximum atomic E-state index is 4.60. The van der Waals surface area contributed by atoms with E-state index in [1.165, 1.54) is 94.6 Å². The fraction of sp³-hybridized carbons (Fsp3) is 0.679. The van der Waals surface area contributed by atoms with Crippen LogP contribution in [0.4, 0.5) is 0 Å². The molecule has 0 unspecified atom stereocenters. The van der Waals surface area contributed by atoms with Gasteiger partial charge >= 0.3 is 0 Å². The van der Waals surface area contributed by atoms with Crippen molar-refractivity contribution < 1.29 is 0 Å². The number of pyridine rings is 1. The van der Waals surface area contributed by atoms with E-state index in [1.54, 1.807) is 0 Å². The standard InChI is InChI=1S/C28H45N3/c1-4-5-6-7-11-14-17-25-19-20-27(29-21-25)28-30-22-26(23-31-28)18-15-12-9-8-10-13-16-24(2)3/h19-24H,4-18H2,1-3H3. The van der Waals surface area contributed by atoms with Crippen LogP contribution in [0.5, 0.6) is 0 Å². The fourth-order valence-electron chi connectivity index (χ4n) is 4.02. The highest BCUT2D eigenvalue weighted by molar-refractivity contribution is 5.48. The van der Waals surface area contributed by atoms with Crippen molar-refractivity contribution in [3.63, 3.8) is 0 Å². The van der Waals surface area contributed by atoms with Gasteiger partial charge in [0.2, 0.25) is 0 Å². The van der Waals surface area contributed by atoms with Gasteiger partial charge in [0.1, 0.15) is 5.69 Å². The predicted octanol–water partition coefficient (Wildman–Crippen LogP) is 8.37. The van der Waals surface area contributed by atoms with Gasteiger partial charge in [0.25, 0.3) is 0 Å². The number of aryl methyl sites for hydroxylation is 2. The molecule has 3 nitrogen and oxygen atoms in total. The lowest BCUT2D eigenvalue weighted by molar-refractivity contribution is 0.511. The molecule has 2 rings (SSSR count). The Morgan fingerprint density at radius 3 is 1.74 bits per heavy atom. The van der Waals surface area contributed by atoms with Crippen LogP contribution in [-0.4, -0.2) is 15.0 Å². The molecule has 31 heavy (non-hydrogen) atoms. The van der Waals surface area contributed by atoms with E-state index < -0.39 is 0 Å². The lowest BCUT2D eigenvalue weighted by Gasteiger charge is -2.05. The minimum absolute atomic E-state index is 0.736. The smallest absolute Gasteiger partial charge is 0.178 e. The third-order valence-electron chi connectivity index (χ3n) is 6.08. The van der Waals surface area contributed by atoms with Crippen LogP contribution in [0.15, 0.2) is 30.7 Å². The molecular weight excluding hydrogens is 378 g/mol. The van der Waals surface area contributed by atoms with E-state index in [9.17, 15) is 0 Å². The molecule has 0 saturated carbocycles. The van der Waals surface area contributed by atoms with E-state index in [4.69, 9.17) is 0 Å². The third-order valence-corrected chi connectivity index (χ3v) is 6.08. The van der Waals surface area contributed by atoms with Crippen LogP contribution in [0.25, 0.3) is 11.5 Å². The summed E-state index contributed by atoms with van der Waals surface area (Å²) in [7, 11) is 0. The number of unbranched alkanes of at least 4 members (excludes halogenated alkanes) is 10. The van der Waals surface area contributed by atoms with E-state index in [0.717, 1.165) is 30.3 Å². The average Bonchev–Trinajstić information content (AvgIpc) is 2.78. The quantitative estimate of drug-likeness (QED) is 0.240. The zero-order valence-corrected chi connectivity index (χ0v) is 20.4. The van der Waals surface area contributed by atoms with Gasteiger partial charge in [-0.25, -0.2) is 9.97 Å². The van der Waals surface area contributed by atoms with Gasteiger partial charge in [0.05, 0.1) is 0 Å². The van der Waals surface area contributed by atoms with Crippen LogP contribution < -0.4 is 0 Å². The molecule has 2 aromatic rings. The zero-order chi connectivity index (χ0) is 22.2. The minimum atomic E-state index is 0.736. The van der Waals surface area contributed by atoms with Crippen molar-refractivity contribution in [1.29, 1.82) is 0 Å². The Hall–Kier alpha value is -1.77. The number of rotatable bonds is 17. The zero-order valence-electron chi connectivity index (χ0n) is 20.4. The third kappa shape index (κ3) is 11.4.